The molecule has 118 valence electrons. The molecule has 1 aromatic carbocycles. The Morgan fingerprint density at radius 1 is 1.29 bits per heavy atom. The Morgan fingerprint density at radius 2 is 2.05 bits per heavy atom. The minimum absolute atomic E-state index is 0.549. The molecule has 0 aromatic heterocycles. The van der Waals surface area contributed by atoms with Gasteiger partial charge in [0.05, 0.1) is 12.3 Å². The lowest BCUT2D eigenvalue weighted by Gasteiger charge is -2.31. The summed E-state index contributed by atoms with van der Waals surface area (Å²) in [6.07, 6.45) is 1.15. The van der Waals surface area contributed by atoms with Crippen molar-refractivity contribution in [2.24, 2.45) is 0 Å². The molecule has 0 aliphatic carbocycles. The maximum Gasteiger partial charge on any atom is 0.142 e. The molecule has 0 radical (unpaired) electrons. The number of hydrogen-bond donors (Lipinski definition) is 2. The van der Waals surface area contributed by atoms with Gasteiger partial charge in [-0.15, -0.1) is 0 Å². The minimum atomic E-state index is 0.549. The van der Waals surface area contributed by atoms with Crippen molar-refractivity contribution in [2.75, 3.05) is 37.7 Å². The summed E-state index contributed by atoms with van der Waals surface area (Å²) in [5, 5.41) is 6.93. The van der Waals surface area contributed by atoms with Crippen LogP contribution in [0.4, 0.5) is 5.69 Å². The second-order valence-corrected chi connectivity index (χ2v) is 5.66. The number of anilines is 1. The molecular formula is C17H29N3O. The van der Waals surface area contributed by atoms with E-state index >= 15 is 0 Å². The lowest BCUT2D eigenvalue weighted by Crippen LogP contribution is -2.43. The van der Waals surface area contributed by atoms with Gasteiger partial charge in [0.25, 0.3) is 0 Å². The van der Waals surface area contributed by atoms with Crippen LogP contribution in [0.2, 0.25) is 0 Å². The normalized spacial score (nSPS) is 16.8. The Bertz CT molecular complexity index is 430. The summed E-state index contributed by atoms with van der Waals surface area (Å²) < 4.78 is 5.87. The van der Waals surface area contributed by atoms with Crippen molar-refractivity contribution in [3.63, 3.8) is 0 Å². The SMILES string of the molecule is CCOc1cc(CNC(C)CC)ccc1N1CCNCC1. The van der Waals surface area contributed by atoms with Crippen LogP contribution in [0.1, 0.15) is 32.8 Å². The van der Waals surface area contributed by atoms with Gasteiger partial charge in [0.1, 0.15) is 5.75 Å². The van der Waals surface area contributed by atoms with Gasteiger partial charge in [-0.2, -0.15) is 0 Å². The number of nitrogens with zero attached hydrogens (tertiary/aromatic N) is 1. The molecule has 4 heteroatoms. The molecule has 1 heterocycles. The van der Waals surface area contributed by atoms with Crippen molar-refractivity contribution in [3.05, 3.63) is 23.8 Å². The van der Waals surface area contributed by atoms with Gasteiger partial charge in [-0.1, -0.05) is 13.0 Å². The standard InChI is InChI=1S/C17H29N3O/c1-4-14(3)19-13-15-6-7-16(17(12-15)21-5-2)20-10-8-18-9-11-20/h6-7,12,14,18-19H,4-5,8-11,13H2,1-3H3. The zero-order valence-electron chi connectivity index (χ0n) is 13.6. The van der Waals surface area contributed by atoms with Crippen molar-refractivity contribution in [2.45, 2.75) is 39.8 Å². The van der Waals surface area contributed by atoms with Crippen LogP contribution in [-0.4, -0.2) is 38.8 Å². The number of ether oxygens (including phenoxy) is 1. The first-order valence-corrected chi connectivity index (χ1v) is 8.19. The Morgan fingerprint density at radius 3 is 2.71 bits per heavy atom. The molecular weight excluding hydrogens is 262 g/mol. The Balaban J connectivity index is 2.10. The fourth-order valence-corrected chi connectivity index (χ4v) is 2.54. The van der Waals surface area contributed by atoms with Crippen molar-refractivity contribution >= 4 is 5.69 Å². The van der Waals surface area contributed by atoms with E-state index in [1.807, 2.05) is 6.92 Å². The van der Waals surface area contributed by atoms with Crippen molar-refractivity contribution in [1.29, 1.82) is 0 Å². The van der Waals surface area contributed by atoms with Crippen LogP contribution in [-0.2, 0) is 6.54 Å². The van der Waals surface area contributed by atoms with E-state index in [1.165, 1.54) is 11.3 Å². The molecule has 0 saturated carbocycles. The highest BCUT2D eigenvalue weighted by Crippen LogP contribution is 2.30. The van der Waals surface area contributed by atoms with Crippen LogP contribution in [0.25, 0.3) is 0 Å². The van der Waals surface area contributed by atoms with Crippen LogP contribution >= 0.6 is 0 Å². The Labute approximate surface area is 128 Å². The number of benzene rings is 1. The van der Waals surface area contributed by atoms with Crippen molar-refractivity contribution in [3.8, 4) is 5.75 Å². The molecule has 1 aliphatic rings. The van der Waals surface area contributed by atoms with E-state index < -0.39 is 0 Å². The largest absolute Gasteiger partial charge is 0.492 e. The van der Waals surface area contributed by atoms with E-state index in [0.717, 1.165) is 44.9 Å². The second kappa shape index (κ2) is 8.25. The van der Waals surface area contributed by atoms with Crippen LogP contribution < -0.4 is 20.3 Å². The zero-order chi connectivity index (χ0) is 15.1. The van der Waals surface area contributed by atoms with E-state index in [2.05, 4.69) is 47.6 Å². The van der Waals surface area contributed by atoms with Gasteiger partial charge in [-0.3, -0.25) is 0 Å². The van der Waals surface area contributed by atoms with Crippen LogP contribution in [0, 0.1) is 0 Å². The average Bonchev–Trinajstić information content (AvgIpc) is 2.54. The average molecular weight is 291 g/mol. The highest BCUT2D eigenvalue weighted by Gasteiger charge is 2.15. The maximum absolute atomic E-state index is 5.87. The number of piperazine rings is 1. The molecule has 2 N–H and O–H groups in total. The smallest absolute Gasteiger partial charge is 0.142 e. The lowest BCUT2D eigenvalue weighted by molar-refractivity contribution is 0.339. The van der Waals surface area contributed by atoms with E-state index in [0.29, 0.717) is 12.6 Å². The van der Waals surface area contributed by atoms with Gasteiger partial charge in [-0.05, 0) is 38.0 Å². The quantitative estimate of drug-likeness (QED) is 0.809. The maximum atomic E-state index is 5.87. The molecule has 0 amide bonds. The van der Waals surface area contributed by atoms with E-state index in [-0.39, 0.29) is 0 Å². The molecule has 1 unspecified atom stereocenters. The third-order valence-corrected chi connectivity index (χ3v) is 4.05. The van der Waals surface area contributed by atoms with Gasteiger partial charge in [-0.25, -0.2) is 0 Å². The second-order valence-electron chi connectivity index (χ2n) is 5.66. The van der Waals surface area contributed by atoms with E-state index in [9.17, 15) is 0 Å². The topological polar surface area (TPSA) is 36.5 Å². The molecule has 0 bridgehead atoms. The third kappa shape index (κ3) is 4.61. The van der Waals surface area contributed by atoms with Crippen LogP contribution in [0.5, 0.6) is 5.75 Å². The zero-order valence-corrected chi connectivity index (χ0v) is 13.6. The van der Waals surface area contributed by atoms with Gasteiger partial charge in [0.15, 0.2) is 0 Å². The summed E-state index contributed by atoms with van der Waals surface area (Å²) in [5.74, 6) is 1.02. The minimum Gasteiger partial charge on any atom is -0.492 e. The van der Waals surface area contributed by atoms with E-state index in [4.69, 9.17) is 4.74 Å². The summed E-state index contributed by atoms with van der Waals surface area (Å²) in [7, 11) is 0. The molecule has 1 aliphatic heterocycles. The monoisotopic (exact) mass is 291 g/mol. The van der Waals surface area contributed by atoms with Crippen molar-refractivity contribution < 1.29 is 4.74 Å². The molecule has 1 saturated heterocycles. The predicted molar refractivity (Wildman–Crippen MR) is 89.3 cm³/mol. The first kappa shape index (κ1) is 16.1. The Hall–Kier alpha value is -1.26. The van der Waals surface area contributed by atoms with Gasteiger partial charge < -0.3 is 20.3 Å². The first-order chi connectivity index (χ1) is 10.2. The number of hydrogen-bond acceptors (Lipinski definition) is 4. The highest BCUT2D eigenvalue weighted by atomic mass is 16.5. The summed E-state index contributed by atoms with van der Waals surface area (Å²) in [6, 6.07) is 7.17. The molecule has 2 rings (SSSR count). The van der Waals surface area contributed by atoms with Gasteiger partial charge in [0.2, 0.25) is 0 Å². The molecule has 21 heavy (non-hydrogen) atoms. The van der Waals surface area contributed by atoms with Gasteiger partial charge in [0, 0.05) is 38.8 Å². The molecule has 1 fully saturated rings. The van der Waals surface area contributed by atoms with Crippen LogP contribution in [0.15, 0.2) is 18.2 Å². The third-order valence-electron chi connectivity index (χ3n) is 4.05. The summed E-state index contributed by atoms with van der Waals surface area (Å²) in [6.45, 7) is 12.3. The first-order valence-electron chi connectivity index (χ1n) is 8.19. The number of rotatable bonds is 7. The fraction of sp³-hybridized carbons (Fsp3) is 0.647. The molecule has 1 aromatic rings. The summed E-state index contributed by atoms with van der Waals surface area (Å²) in [5.41, 5.74) is 2.52. The summed E-state index contributed by atoms with van der Waals surface area (Å²) in [4.78, 5) is 2.41. The highest BCUT2D eigenvalue weighted by molar-refractivity contribution is 5.60. The molecule has 4 nitrogen and oxygen atoms in total. The van der Waals surface area contributed by atoms with Gasteiger partial charge >= 0.3 is 0 Å². The van der Waals surface area contributed by atoms with Crippen molar-refractivity contribution in [1.82, 2.24) is 10.6 Å². The molecule has 0 spiro atoms. The fourth-order valence-electron chi connectivity index (χ4n) is 2.54. The van der Waals surface area contributed by atoms with Crippen LogP contribution in [0.3, 0.4) is 0 Å². The predicted octanol–water partition coefficient (Wildman–Crippen LogP) is 2.38. The van der Waals surface area contributed by atoms with E-state index in [1.54, 1.807) is 0 Å². The molecule has 1 atom stereocenters. The Kier molecular flexibility index (Phi) is 6.33. The summed E-state index contributed by atoms with van der Waals surface area (Å²) >= 11 is 0. The lowest BCUT2D eigenvalue weighted by atomic mass is 10.1. The number of nitrogens with one attached hydrogen (secondary N) is 2.